The highest BCUT2D eigenvalue weighted by Gasteiger charge is 2.23. The van der Waals surface area contributed by atoms with Crippen LogP contribution in [0, 0.1) is 6.92 Å². The summed E-state index contributed by atoms with van der Waals surface area (Å²) in [5.74, 6) is 1.67. The molecule has 0 spiro atoms. The molecule has 12 heteroatoms. The Morgan fingerprint density at radius 3 is 2.69 bits per heavy atom. The van der Waals surface area contributed by atoms with E-state index in [9.17, 15) is 5.11 Å². The predicted molar refractivity (Wildman–Crippen MR) is 136 cm³/mol. The molecule has 0 radical (unpaired) electrons. The molecule has 1 aliphatic rings. The van der Waals surface area contributed by atoms with Gasteiger partial charge >= 0.3 is 0 Å². The Kier molecular flexibility index (Phi) is 6.78. The number of imidazole rings is 1. The Labute approximate surface area is 210 Å². The van der Waals surface area contributed by atoms with Gasteiger partial charge in [-0.15, -0.1) is 11.3 Å². The van der Waals surface area contributed by atoms with Crippen molar-refractivity contribution in [2.24, 2.45) is 0 Å². The molecule has 1 atom stereocenters. The number of rotatable bonds is 8. The van der Waals surface area contributed by atoms with E-state index in [2.05, 4.69) is 20.3 Å². The summed E-state index contributed by atoms with van der Waals surface area (Å²) in [6.45, 7) is 7.84. The molecule has 1 aromatic carbocycles. The van der Waals surface area contributed by atoms with E-state index >= 15 is 0 Å². The van der Waals surface area contributed by atoms with E-state index in [1.165, 1.54) is 18.1 Å². The minimum absolute atomic E-state index is 0.262. The number of nitrogens with zero attached hydrogens (tertiary/aromatic N) is 5. The molecule has 5 rings (SSSR count). The Bertz CT molecular complexity index is 1350. The molecule has 0 fully saturated rings. The Morgan fingerprint density at radius 1 is 1.20 bits per heavy atom. The average molecular weight is 514 g/mol. The third-order valence-corrected chi connectivity index (χ3v) is 7.38. The largest absolute Gasteiger partial charge is 0.486 e. The van der Waals surface area contributed by atoms with Crippen LogP contribution in [-0.2, 0) is 6.54 Å². The number of aryl methyl sites for hydroxylation is 1. The van der Waals surface area contributed by atoms with Crippen LogP contribution >= 0.6 is 23.1 Å². The summed E-state index contributed by atoms with van der Waals surface area (Å²) in [5, 5.41) is 15.5. The van der Waals surface area contributed by atoms with Gasteiger partial charge in [0.15, 0.2) is 33.6 Å². The summed E-state index contributed by atoms with van der Waals surface area (Å²) in [7, 11) is 0. The van der Waals surface area contributed by atoms with Crippen LogP contribution in [0.25, 0.3) is 21.7 Å². The minimum atomic E-state index is -0.647. The number of hydrogen-bond donors (Lipinski definition) is 3. The number of anilines is 1. The number of nitrogen functional groups attached to an aromatic ring is 1. The Morgan fingerprint density at radius 2 is 1.97 bits per heavy atom. The molecule has 0 bridgehead atoms. The van der Waals surface area contributed by atoms with Crippen LogP contribution < -0.4 is 20.5 Å². The van der Waals surface area contributed by atoms with Crippen LogP contribution in [0.15, 0.2) is 34.7 Å². The molecule has 0 aliphatic carbocycles. The predicted octanol–water partition coefficient (Wildman–Crippen LogP) is 3.12. The number of aromatic nitrogens is 5. The Balaban J connectivity index is 1.58. The maximum absolute atomic E-state index is 10.7. The third kappa shape index (κ3) is 5.06. The van der Waals surface area contributed by atoms with Gasteiger partial charge in [0.1, 0.15) is 24.5 Å². The van der Waals surface area contributed by atoms with Crippen LogP contribution in [0.2, 0.25) is 0 Å². The van der Waals surface area contributed by atoms with Crippen LogP contribution in [0.4, 0.5) is 5.82 Å². The molecule has 35 heavy (non-hydrogen) atoms. The molecule has 1 aliphatic heterocycles. The number of aliphatic hydroxyl groups is 1. The fourth-order valence-corrected chi connectivity index (χ4v) is 5.62. The molecular weight excluding hydrogens is 486 g/mol. The lowest BCUT2D eigenvalue weighted by Gasteiger charge is -2.21. The third-order valence-electron chi connectivity index (χ3n) is 5.38. The monoisotopic (exact) mass is 513 g/mol. The van der Waals surface area contributed by atoms with Gasteiger partial charge in [-0.05, 0) is 19.1 Å². The lowest BCUT2D eigenvalue weighted by molar-refractivity contribution is 0.147. The first-order valence-corrected chi connectivity index (χ1v) is 12.9. The smallest absolute Gasteiger partial charge is 0.175 e. The van der Waals surface area contributed by atoms with E-state index in [0.29, 0.717) is 59.9 Å². The van der Waals surface area contributed by atoms with Crippen LogP contribution in [0.3, 0.4) is 0 Å². The normalized spacial score (nSPS) is 14.1. The number of ether oxygens (including phenoxy) is 2. The van der Waals surface area contributed by atoms with Crippen LogP contribution in [0.5, 0.6) is 11.5 Å². The molecular formula is C23H27N7O3S2. The highest BCUT2D eigenvalue weighted by atomic mass is 32.2. The first kappa shape index (κ1) is 23.8. The minimum Gasteiger partial charge on any atom is -0.486 e. The van der Waals surface area contributed by atoms with Gasteiger partial charge in [0, 0.05) is 34.1 Å². The van der Waals surface area contributed by atoms with Crippen molar-refractivity contribution in [3.05, 3.63) is 29.5 Å². The van der Waals surface area contributed by atoms with E-state index in [0.717, 1.165) is 20.3 Å². The summed E-state index contributed by atoms with van der Waals surface area (Å²) in [5.41, 5.74) is 8.13. The van der Waals surface area contributed by atoms with E-state index in [4.69, 9.17) is 20.2 Å². The van der Waals surface area contributed by atoms with E-state index in [1.54, 1.807) is 11.3 Å². The second-order valence-corrected chi connectivity index (χ2v) is 10.8. The van der Waals surface area contributed by atoms with Gasteiger partial charge < -0.3 is 30.2 Å². The second kappa shape index (κ2) is 9.97. The van der Waals surface area contributed by atoms with Crippen molar-refractivity contribution >= 4 is 40.1 Å². The Hall–Kier alpha value is -2.93. The van der Waals surface area contributed by atoms with Crippen molar-refractivity contribution in [3.8, 4) is 22.1 Å². The second-order valence-electron chi connectivity index (χ2n) is 8.52. The number of benzene rings is 1. The van der Waals surface area contributed by atoms with Gasteiger partial charge in [0.2, 0.25) is 0 Å². The summed E-state index contributed by atoms with van der Waals surface area (Å²) in [6, 6.07) is 4.19. The van der Waals surface area contributed by atoms with Crippen molar-refractivity contribution in [1.29, 1.82) is 0 Å². The molecule has 184 valence electrons. The molecule has 0 amide bonds. The number of thiazole rings is 1. The fourth-order valence-electron chi connectivity index (χ4n) is 3.72. The van der Waals surface area contributed by atoms with Crippen molar-refractivity contribution in [2.75, 3.05) is 25.5 Å². The fraction of sp³-hybridized carbons (Fsp3) is 0.391. The summed E-state index contributed by atoms with van der Waals surface area (Å²) >= 11 is 3.06. The van der Waals surface area contributed by atoms with Gasteiger partial charge in [-0.3, -0.25) is 0 Å². The van der Waals surface area contributed by atoms with E-state index in [1.807, 2.05) is 43.7 Å². The summed E-state index contributed by atoms with van der Waals surface area (Å²) in [4.78, 5) is 19.9. The average Bonchev–Trinajstić information content (AvgIpc) is 3.42. The molecule has 4 N–H and O–H groups in total. The summed E-state index contributed by atoms with van der Waals surface area (Å²) in [6.07, 6.45) is 2.62. The highest BCUT2D eigenvalue weighted by Crippen LogP contribution is 2.45. The summed E-state index contributed by atoms with van der Waals surface area (Å²) < 4.78 is 13.6. The molecule has 0 saturated heterocycles. The maximum atomic E-state index is 10.7. The number of fused-ring (bicyclic) bond motifs is 2. The molecule has 0 saturated carbocycles. The quantitative estimate of drug-likeness (QED) is 0.323. The maximum Gasteiger partial charge on any atom is 0.175 e. The highest BCUT2D eigenvalue weighted by molar-refractivity contribution is 7.99. The van der Waals surface area contributed by atoms with Crippen LogP contribution in [0.1, 0.15) is 18.7 Å². The number of aliphatic hydroxyl groups excluding tert-OH is 1. The number of hydrogen-bond acceptors (Lipinski definition) is 11. The molecule has 4 heterocycles. The van der Waals surface area contributed by atoms with Crippen molar-refractivity contribution in [1.82, 2.24) is 29.8 Å². The molecule has 4 aromatic rings. The van der Waals surface area contributed by atoms with Gasteiger partial charge in [0.05, 0.1) is 12.6 Å². The van der Waals surface area contributed by atoms with E-state index in [-0.39, 0.29) is 6.04 Å². The van der Waals surface area contributed by atoms with Gasteiger partial charge in [-0.1, -0.05) is 25.6 Å². The zero-order chi connectivity index (χ0) is 24.5. The topological polar surface area (TPSA) is 133 Å². The van der Waals surface area contributed by atoms with Gasteiger partial charge in [-0.25, -0.2) is 19.9 Å². The van der Waals surface area contributed by atoms with E-state index < -0.39 is 6.10 Å². The zero-order valence-corrected chi connectivity index (χ0v) is 21.3. The van der Waals surface area contributed by atoms with Crippen molar-refractivity contribution in [3.63, 3.8) is 0 Å². The first-order valence-electron chi connectivity index (χ1n) is 11.3. The van der Waals surface area contributed by atoms with Gasteiger partial charge in [-0.2, -0.15) is 0 Å². The van der Waals surface area contributed by atoms with Crippen LogP contribution in [-0.4, -0.2) is 61.5 Å². The van der Waals surface area contributed by atoms with Gasteiger partial charge in [0.25, 0.3) is 0 Å². The SMILES string of the molecule is Cc1cnc(-c2cc3c(cc2Sc2nc4c(N)ncnc4n2CC(O)CNC(C)C)OCCO3)s1. The lowest BCUT2D eigenvalue weighted by Crippen LogP contribution is -2.34. The zero-order valence-electron chi connectivity index (χ0n) is 19.7. The lowest BCUT2D eigenvalue weighted by atomic mass is 10.2. The molecule has 1 unspecified atom stereocenters. The molecule has 3 aromatic heterocycles. The molecule has 10 nitrogen and oxygen atoms in total. The van der Waals surface area contributed by atoms with Crippen molar-refractivity contribution in [2.45, 2.75) is 49.5 Å². The number of nitrogens with two attached hydrogens (primary N) is 1. The first-order chi connectivity index (χ1) is 16.9. The standard InChI is InChI=1S/C23H27N7O3S2/c1-12(2)25-9-14(31)10-30-21-19(20(24)27-11-28-21)29-23(30)35-18-7-17-16(32-4-5-33-17)6-15(18)22-26-8-13(3)34-22/h6-8,11-12,14,25,31H,4-5,9-10H2,1-3H3,(H2,24,27,28). The van der Waals surface area contributed by atoms with Crippen molar-refractivity contribution < 1.29 is 14.6 Å². The number of nitrogens with one attached hydrogen (secondary N) is 1.